The van der Waals surface area contributed by atoms with Crippen LogP contribution >= 0.6 is 0 Å². The summed E-state index contributed by atoms with van der Waals surface area (Å²) in [6.07, 6.45) is -0.138. The maximum atomic E-state index is 11.2. The molecule has 1 fully saturated rings. The van der Waals surface area contributed by atoms with Gasteiger partial charge >= 0.3 is 0 Å². The van der Waals surface area contributed by atoms with E-state index in [2.05, 4.69) is 16.2 Å². The second kappa shape index (κ2) is 5.30. The lowest BCUT2D eigenvalue weighted by atomic mass is 10.1. The van der Waals surface area contributed by atoms with Crippen LogP contribution in [0.5, 0.6) is 0 Å². The number of methoxy groups -OCH3 is 1. The van der Waals surface area contributed by atoms with Gasteiger partial charge in [-0.15, -0.1) is 0 Å². The number of ether oxygens (including phenoxy) is 1. The van der Waals surface area contributed by atoms with Crippen LogP contribution in [0.3, 0.4) is 0 Å². The minimum atomic E-state index is -0.924. The Labute approximate surface area is 86.5 Å². The Morgan fingerprint density at radius 1 is 1.40 bits per heavy atom. The molecule has 0 saturated carbocycles. The molecular weight excluding hydrogens is 202 g/mol. The first-order valence-electron chi connectivity index (χ1n) is 4.50. The molecule has 3 N–H and O–H groups in total. The SMILES string of the molecule is COCCNC(=O)CC1C(=O)NNC1=O. The minimum Gasteiger partial charge on any atom is -0.383 e. The second-order valence-corrected chi connectivity index (χ2v) is 3.08. The average Bonchev–Trinajstić information content (AvgIpc) is 2.50. The highest BCUT2D eigenvalue weighted by Crippen LogP contribution is 2.06. The zero-order chi connectivity index (χ0) is 11.3. The molecule has 1 aliphatic heterocycles. The fourth-order valence-corrected chi connectivity index (χ4v) is 1.15. The molecule has 1 saturated heterocycles. The van der Waals surface area contributed by atoms with Crippen LogP contribution < -0.4 is 16.2 Å². The summed E-state index contributed by atoms with van der Waals surface area (Å²) >= 11 is 0. The van der Waals surface area contributed by atoms with Crippen LogP contribution in [0.2, 0.25) is 0 Å². The summed E-state index contributed by atoms with van der Waals surface area (Å²) in [6.45, 7) is 0.764. The molecule has 7 nitrogen and oxygen atoms in total. The molecule has 0 bridgehead atoms. The van der Waals surface area contributed by atoms with E-state index >= 15 is 0 Å². The monoisotopic (exact) mass is 215 g/mol. The molecule has 0 aromatic rings. The summed E-state index contributed by atoms with van der Waals surface area (Å²) in [5.41, 5.74) is 4.30. The van der Waals surface area contributed by atoms with E-state index in [1.54, 1.807) is 0 Å². The molecule has 0 aromatic heterocycles. The predicted octanol–water partition coefficient (Wildman–Crippen LogP) is -2.08. The molecule has 0 radical (unpaired) electrons. The zero-order valence-corrected chi connectivity index (χ0v) is 8.33. The molecule has 0 unspecified atom stereocenters. The lowest BCUT2D eigenvalue weighted by Gasteiger charge is -2.05. The van der Waals surface area contributed by atoms with Crippen molar-refractivity contribution in [2.75, 3.05) is 20.3 Å². The lowest BCUT2D eigenvalue weighted by Crippen LogP contribution is -2.32. The first-order chi connectivity index (χ1) is 7.15. The third-order valence-corrected chi connectivity index (χ3v) is 1.96. The van der Waals surface area contributed by atoms with Gasteiger partial charge in [0.05, 0.1) is 6.61 Å². The van der Waals surface area contributed by atoms with E-state index in [1.807, 2.05) is 0 Å². The van der Waals surface area contributed by atoms with Gasteiger partial charge in [-0.25, -0.2) is 0 Å². The van der Waals surface area contributed by atoms with Crippen molar-refractivity contribution in [2.45, 2.75) is 6.42 Å². The van der Waals surface area contributed by atoms with E-state index < -0.39 is 17.7 Å². The number of carbonyl (C=O) groups is 3. The van der Waals surface area contributed by atoms with E-state index in [9.17, 15) is 14.4 Å². The Kier molecular flexibility index (Phi) is 4.04. The van der Waals surface area contributed by atoms with Gasteiger partial charge in [0.15, 0.2) is 0 Å². The maximum absolute atomic E-state index is 11.2. The maximum Gasteiger partial charge on any atom is 0.251 e. The summed E-state index contributed by atoms with van der Waals surface area (Å²) in [7, 11) is 1.52. The number of hydrogen-bond acceptors (Lipinski definition) is 4. The molecule has 0 atom stereocenters. The standard InChI is InChI=1S/C8H13N3O4/c1-15-3-2-9-6(12)4-5-7(13)10-11-8(5)14/h5H,2-4H2,1H3,(H,9,12)(H,10,13)(H,11,14). The Bertz CT molecular complexity index is 263. The van der Waals surface area contributed by atoms with Crippen molar-refractivity contribution in [1.29, 1.82) is 0 Å². The van der Waals surface area contributed by atoms with Crippen LogP contribution in [0.1, 0.15) is 6.42 Å². The third kappa shape index (κ3) is 3.21. The highest BCUT2D eigenvalue weighted by atomic mass is 16.5. The van der Waals surface area contributed by atoms with E-state index in [1.165, 1.54) is 7.11 Å². The number of carbonyl (C=O) groups excluding carboxylic acids is 3. The quantitative estimate of drug-likeness (QED) is 0.362. The van der Waals surface area contributed by atoms with Crippen LogP contribution in [-0.2, 0) is 19.1 Å². The molecule has 0 spiro atoms. The van der Waals surface area contributed by atoms with Crippen molar-refractivity contribution >= 4 is 17.7 Å². The van der Waals surface area contributed by atoms with Gasteiger partial charge in [0.1, 0.15) is 5.92 Å². The van der Waals surface area contributed by atoms with Gasteiger partial charge in [-0.3, -0.25) is 25.2 Å². The number of rotatable bonds is 5. The normalized spacial score (nSPS) is 16.1. The molecule has 1 rings (SSSR count). The van der Waals surface area contributed by atoms with Gasteiger partial charge in [0, 0.05) is 20.1 Å². The smallest absolute Gasteiger partial charge is 0.251 e. The fraction of sp³-hybridized carbons (Fsp3) is 0.625. The number of hydrazine groups is 1. The van der Waals surface area contributed by atoms with E-state index in [4.69, 9.17) is 4.74 Å². The highest BCUT2D eigenvalue weighted by molar-refractivity contribution is 6.07. The number of amides is 3. The van der Waals surface area contributed by atoms with Gasteiger partial charge in [-0.05, 0) is 0 Å². The van der Waals surface area contributed by atoms with Crippen molar-refractivity contribution in [3.63, 3.8) is 0 Å². The van der Waals surface area contributed by atoms with E-state index in [0.717, 1.165) is 0 Å². The van der Waals surface area contributed by atoms with Crippen LogP contribution in [-0.4, -0.2) is 38.0 Å². The van der Waals surface area contributed by atoms with Gasteiger partial charge in [-0.1, -0.05) is 0 Å². The van der Waals surface area contributed by atoms with Crippen LogP contribution in [0.4, 0.5) is 0 Å². The topological polar surface area (TPSA) is 96.5 Å². The molecule has 0 aromatic carbocycles. The third-order valence-electron chi connectivity index (χ3n) is 1.96. The number of nitrogens with one attached hydrogen (secondary N) is 3. The molecule has 7 heteroatoms. The molecule has 1 heterocycles. The summed E-state index contributed by atoms with van der Waals surface area (Å²) in [4.78, 5) is 33.3. The van der Waals surface area contributed by atoms with Crippen LogP contribution in [0.25, 0.3) is 0 Å². The van der Waals surface area contributed by atoms with E-state index in [-0.39, 0.29) is 12.3 Å². The summed E-state index contributed by atoms with van der Waals surface area (Å²) < 4.78 is 4.73. The zero-order valence-electron chi connectivity index (χ0n) is 8.33. The molecule has 3 amide bonds. The summed E-state index contributed by atoms with van der Waals surface area (Å²) in [6, 6.07) is 0. The molecule has 0 aliphatic carbocycles. The highest BCUT2D eigenvalue weighted by Gasteiger charge is 2.34. The van der Waals surface area contributed by atoms with Crippen molar-refractivity contribution in [2.24, 2.45) is 5.92 Å². The Balaban J connectivity index is 2.31. The Hall–Kier alpha value is -1.63. The largest absolute Gasteiger partial charge is 0.383 e. The summed E-state index contributed by atoms with van der Waals surface area (Å²) in [5.74, 6) is -2.21. The van der Waals surface area contributed by atoms with Crippen molar-refractivity contribution < 1.29 is 19.1 Å². The average molecular weight is 215 g/mol. The van der Waals surface area contributed by atoms with Crippen molar-refractivity contribution in [3.8, 4) is 0 Å². The van der Waals surface area contributed by atoms with E-state index in [0.29, 0.717) is 13.2 Å². The van der Waals surface area contributed by atoms with Crippen molar-refractivity contribution in [3.05, 3.63) is 0 Å². The first kappa shape index (κ1) is 11.4. The van der Waals surface area contributed by atoms with Crippen LogP contribution in [0.15, 0.2) is 0 Å². The Morgan fingerprint density at radius 2 is 2.00 bits per heavy atom. The van der Waals surface area contributed by atoms with Gasteiger partial charge in [0.2, 0.25) is 5.91 Å². The predicted molar refractivity (Wildman–Crippen MR) is 49.3 cm³/mol. The van der Waals surface area contributed by atoms with Gasteiger partial charge in [-0.2, -0.15) is 0 Å². The lowest BCUT2D eigenvalue weighted by molar-refractivity contribution is -0.133. The van der Waals surface area contributed by atoms with Crippen molar-refractivity contribution in [1.82, 2.24) is 16.2 Å². The fourth-order valence-electron chi connectivity index (χ4n) is 1.15. The van der Waals surface area contributed by atoms with Crippen LogP contribution in [0, 0.1) is 5.92 Å². The summed E-state index contributed by atoms with van der Waals surface area (Å²) in [5, 5.41) is 2.53. The minimum absolute atomic E-state index is 0.138. The molecule has 15 heavy (non-hydrogen) atoms. The molecule has 1 aliphatic rings. The van der Waals surface area contributed by atoms with Gasteiger partial charge < -0.3 is 10.1 Å². The number of hydrogen-bond donors (Lipinski definition) is 3. The first-order valence-corrected chi connectivity index (χ1v) is 4.50. The van der Waals surface area contributed by atoms with Gasteiger partial charge in [0.25, 0.3) is 11.8 Å². The second-order valence-electron chi connectivity index (χ2n) is 3.08. The molecular formula is C8H13N3O4. The Morgan fingerprint density at radius 3 is 2.53 bits per heavy atom. The molecule has 84 valence electrons.